The number of hydrogen-bond acceptors (Lipinski definition) is 3. The molecule has 0 saturated heterocycles. The largest absolute Gasteiger partial charge is 0.497 e. The lowest BCUT2D eigenvalue weighted by atomic mass is 10.1. The Bertz CT molecular complexity index is 637. The van der Waals surface area contributed by atoms with Gasteiger partial charge < -0.3 is 14.8 Å². The molecule has 4 heteroatoms. The minimum atomic E-state index is -0.0477. The molecule has 0 radical (unpaired) electrons. The quantitative estimate of drug-likeness (QED) is 0.851. The number of carbonyl (C=O) groups is 1. The van der Waals surface area contributed by atoms with Crippen molar-refractivity contribution >= 4 is 5.91 Å². The summed E-state index contributed by atoms with van der Waals surface area (Å²) in [7, 11) is 3.28. The molecule has 1 unspecified atom stereocenters. The van der Waals surface area contributed by atoms with Crippen molar-refractivity contribution < 1.29 is 14.3 Å². The minimum absolute atomic E-state index is 0.0381. The van der Waals surface area contributed by atoms with Gasteiger partial charge >= 0.3 is 0 Å². The Kier molecular flexibility index (Phi) is 6.03. The van der Waals surface area contributed by atoms with Gasteiger partial charge in [-0.1, -0.05) is 24.3 Å². The molecule has 0 spiro atoms. The van der Waals surface area contributed by atoms with Crippen molar-refractivity contribution in [2.45, 2.75) is 25.8 Å². The number of methoxy groups -OCH3 is 2. The van der Waals surface area contributed by atoms with Gasteiger partial charge in [0.25, 0.3) is 0 Å². The number of hydrogen-bond donors (Lipinski definition) is 1. The Morgan fingerprint density at radius 3 is 2.39 bits per heavy atom. The predicted octanol–water partition coefficient (Wildman–Crippen LogP) is 3.51. The third-order valence-electron chi connectivity index (χ3n) is 3.77. The van der Waals surface area contributed by atoms with Crippen LogP contribution < -0.4 is 14.8 Å². The molecule has 2 rings (SSSR count). The summed E-state index contributed by atoms with van der Waals surface area (Å²) in [6.07, 6.45) is 1.17. The summed E-state index contributed by atoms with van der Waals surface area (Å²) in [5.41, 5.74) is 2.15. The second kappa shape index (κ2) is 8.22. The van der Waals surface area contributed by atoms with Gasteiger partial charge in [-0.2, -0.15) is 0 Å². The highest BCUT2D eigenvalue weighted by molar-refractivity contribution is 5.76. The number of carbonyl (C=O) groups excluding carboxylic acids is 1. The maximum atomic E-state index is 12.1. The molecule has 1 amide bonds. The Morgan fingerprint density at radius 2 is 1.74 bits per heavy atom. The van der Waals surface area contributed by atoms with Crippen molar-refractivity contribution in [3.63, 3.8) is 0 Å². The lowest BCUT2D eigenvalue weighted by Crippen LogP contribution is -2.26. The van der Waals surface area contributed by atoms with Crippen LogP contribution in [0.15, 0.2) is 48.5 Å². The second-order valence-electron chi connectivity index (χ2n) is 5.41. The van der Waals surface area contributed by atoms with E-state index in [4.69, 9.17) is 9.47 Å². The van der Waals surface area contributed by atoms with E-state index in [-0.39, 0.29) is 11.9 Å². The molecule has 0 aliphatic carbocycles. The molecule has 2 aromatic carbocycles. The number of benzene rings is 2. The van der Waals surface area contributed by atoms with Gasteiger partial charge in [0.05, 0.1) is 20.3 Å². The molecule has 1 atom stereocenters. The first-order valence-corrected chi connectivity index (χ1v) is 7.68. The molecule has 0 aliphatic heterocycles. The zero-order valence-electron chi connectivity index (χ0n) is 13.8. The summed E-state index contributed by atoms with van der Waals surface area (Å²) in [6.45, 7) is 1.97. The van der Waals surface area contributed by atoms with E-state index in [1.54, 1.807) is 14.2 Å². The lowest BCUT2D eigenvalue weighted by Gasteiger charge is -2.15. The van der Waals surface area contributed by atoms with Gasteiger partial charge in [0, 0.05) is 6.42 Å². The average Bonchev–Trinajstić information content (AvgIpc) is 2.60. The van der Waals surface area contributed by atoms with Crippen molar-refractivity contribution in [3.8, 4) is 11.5 Å². The van der Waals surface area contributed by atoms with Gasteiger partial charge in [0.2, 0.25) is 5.91 Å². The molecule has 23 heavy (non-hydrogen) atoms. The van der Waals surface area contributed by atoms with Crippen LogP contribution in [-0.4, -0.2) is 20.1 Å². The highest BCUT2D eigenvalue weighted by atomic mass is 16.5. The maximum Gasteiger partial charge on any atom is 0.220 e. The van der Waals surface area contributed by atoms with Crippen LogP contribution in [0, 0.1) is 0 Å². The van der Waals surface area contributed by atoms with E-state index in [2.05, 4.69) is 5.32 Å². The zero-order valence-corrected chi connectivity index (χ0v) is 13.8. The molecule has 0 aromatic heterocycles. The van der Waals surface area contributed by atoms with Gasteiger partial charge in [-0.15, -0.1) is 0 Å². The Balaban J connectivity index is 1.85. The van der Waals surface area contributed by atoms with Gasteiger partial charge in [0.15, 0.2) is 0 Å². The number of aryl methyl sites for hydroxylation is 1. The Morgan fingerprint density at radius 1 is 1.04 bits per heavy atom. The van der Waals surface area contributed by atoms with Crippen LogP contribution in [0.1, 0.15) is 30.5 Å². The summed E-state index contributed by atoms with van der Waals surface area (Å²) in [5.74, 6) is 1.66. The normalized spacial score (nSPS) is 11.6. The molecule has 1 N–H and O–H groups in total. The van der Waals surface area contributed by atoms with E-state index >= 15 is 0 Å². The third-order valence-corrected chi connectivity index (χ3v) is 3.77. The standard InChI is InChI=1S/C19H23NO3/c1-14(16-5-4-6-18(13-16)23-3)20-19(21)12-9-15-7-10-17(22-2)11-8-15/h4-8,10-11,13-14H,9,12H2,1-3H3,(H,20,21). The average molecular weight is 313 g/mol. The van der Waals surface area contributed by atoms with Crippen LogP contribution in [0.4, 0.5) is 0 Å². The molecule has 4 nitrogen and oxygen atoms in total. The van der Waals surface area contributed by atoms with Crippen molar-refractivity contribution in [3.05, 3.63) is 59.7 Å². The highest BCUT2D eigenvalue weighted by Crippen LogP contribution is 2.19. The fraction of sp³-hybridized carbons (Fsp3) is 0.316. The SMILES string of the molecule is COc1ccc(CCC(=O)NC(C)c2cccc(OC)c2)cc1. The fourth-order valence-corrected chi connectivity index (χ4v) is 2.36. The van der Waals surface area contributed by atoms with Crippen molar-refractivity contribution in [1.29, 1.82) is 0 Å². The van der Waals surface area contributed by atoms with E-state index in [1.807, 2.05) is 55.5 Å². The first-order valence-electron chi connectivity index (χ1n) is 7.68. The lowest BCUT2D eigenvalue weighted by molar-refractivity contribution is -0.121. The minimum Gasteiger partial charge on any atom is -0.497 e. The molecule has 0 bridgehead atoms. The van der Waals surface area contributed by atoms with E-state index < -0.39 is 0 Å². The Labute approximate surface area is 137 Å². The number of rotatable bonds is 7. The summed E-state index contributed by atoms with van der Waals surface area (Å²) >= 11 is 0. The van der Waals surface area contributed by atoms with E-state index in [9.17, 15) is 4.79 Å². The molecule has 2 aromatic rings. The molecular weight excluding hydrogens is 290 g/mol. The number of nitrogens with one attached hydrogen (secondary N) is 1. The van der Waals surface area contributed by atoms with Crippen molar-refractivity contribution in [2.75, 3.05) is 14.2 Å². The predicted molar refractivity (Wildman–Crippen MR) is 90.9 cm³/mol. The first-order chi connectivity index (χ1) is 11.1. The Hall–Kier alpha value is -2.49. The maximum absolute atomic E-state index is 12.1. The summed E-state index contributed by atoms with van der Waals surface area (Å²) in [4.78, 5) is 12.1. The van der Waals surface area contributed by atoms with Crippen LogP contribution in [0.3, 0.4) is 0 Å². The topological polar surface area (TPSA) is 47.6 Å². The second-order valence-corrected chi connectivity index (χ2v) is 5.41. The van der Waals surface area contributed by atoms with Crippen LogP contribution in [0.2, 0.25) is 0 Å². The molecular formula is C19H23NO3. The van der Waals surface area contributed by atoms with Crippen molar-refractivity contribution in [1.82, 2.24) is 5.32 Å². The first kappa shape index (κ1) is 16.9. The third kappa shape index (κ3) is 5.02. The van der Waals surface area contributed by atoms with Crippen LogP contribution in [-0.2, 0) is 11.2 Å². The fourth-order valence-electron chi connectivity index (χ4n) is 2.36. The molecule has 0 aliphatic rings. The van der Waals surface area contributed by atoms with Gasteiger partial charge in [0.1, 0.15) is 11.5 Å². The summed E-state index contributed by atoms with van der Waals surface area (Å²) < 4.78 is 10.3. The molecule has 0 fully saturated rings. The van der Waals surface area contributed by atoms with Gasteiger partial charge in [-0.25, -0.2) is 0 Å². The zero-order chi connectivity index (χ0) is 16.7. The van der Waals surface area contributed by atoms with Crippen LogP contribution >= 0.6 is 0 Å². The van der Waals surface area contributed by atoms with E-state index in [0.717, 1.165) is 22.6 Å². The number of ether oxygens (including phenoxy) is 2. The van der Waals surface area contributed by atoms with Crippen LogP contribution in [0.5, 0.6) is 11.5 Å². The van der Waals surface area contributed by atoms with Gasteiger partial charge in [-0.05, 0) is 48.7 Å². The van der Waals surface area contributed by atoms with E-state index in [0.29, 0.717) is 12.8 Å². The molecule has 122 valence electrons. The van der Waals surface area contributed by atoms with Crippen molar-refractivity contribution in [2.24, 2.45) is 0 Å². The van der Waals surface area contributed by atoms with Gasteiger partial charge in [-0.3, -0.25) is 4.79 Å². The summed E-state index contributed by atoms with van der Waals surface area (Å²) in [5, 5.41) is 3.02. The highest BCUT2D eigenvalue weighted by Gasteiger charge is 2.10. The van der Waals surface area contributed by atoms with Crippen LogP contribution in [0.25, 0.3) is 0 Å². The number of amides is 1. The van der Waals surface area contributed by atoms with E-state index in [1.165, 1.54) is 0 Å². The smallest absolute Gasteiger partial charge is 0.220 e. The summed E-state index contributed by atoms with van der Waals surface area (Å²) in [6, 6.07) is 15.5. The molecule has 0 heterocycles. The molecule has 0 saturated carbocycles. The monoisotopic (exact) mass is 313 g/mol.